The summed E-state index contributed by atoms with van der Waals surface area (Å²) in [6.45, 7) is 3.26. The molecule has 1 heterocycles. The van der Waals surface area contributed by atoms with Crippen molar-refractivity contribution < 1.29 is 13.9 Å². The van der Waals surface area contributed by atoms with Crippen molar-refractivity contribution in [3.8, 4) is 0 Å². The van der Waals surface area contributed by atoms with Crippen LogP contribution in [0.3, 0.4) is 0 Å². The van der Waals surface area contributed by atoms with Crippen molar-refractivity contribution in [2.45, 2.75) is 0 Å². The number of benzene rings is 2. The minimum atomic E-state index is -0.453. The van der Waals surface area contributed by atoms with E-state index in [9.17, 15) is 9.18 Å². The first-order chi connectivity index (χ1) is 11.7. The second-order valence-electron chi connectivity index (χ2n) is 5.40. The van der Waals surface area contributed by atoms with E-state index >= 15 is 0 Å². The van der Waals surface area contributed by atoms with E-state index in [1.807, 2.05) is 24.3 Å². The van der Waals surface area contributed by atoms with Crippen LogP contribution in [0.15, 0.2) is 53.6 Å². The van der Waals surface area contributed by atoms with Crippen LogP contribution in [0.25, 0.3) is 0 Å². The molecule has 1 aliphatic rings. The van der Waals surface area contributed by atoms with Gasteiger partial charge in [-0.25, -0.2) is 9.82 Å². The zero-order chi connectivity index (χ0) is 16.8. The smallest absolute Gasteiger partial charge is 0.271 e. The number of nitrogens with one attached hydrogen (secondary N) is 1. The Morgan fingerprint density at radius 2 is 1.92 bits per heavy atom. The number of ether oxygens (including phenoxy) is 1. The van der Waals surface area contributed by atoms with E-state index in [1.165, 1.54) is 24.3 Å². The molecule has 0 bridgehead atoms. The quantitative estimate of drug-likeness (QED) is 0.693. The lowest BCUT2D eigenvalue weighted by molar-refractivity contribution is 0.0954. The van der Waals surface area contributed by atoms with Crippen molar-refractivity contribution in [1.82, 2.24) is 5.43 Å². The third kappa shape index (κ3) is 4.17. The van der Waals surface area contributed by atoms with Gasteiger partial charge >= 0.3 is 0 Å². The molecule has 1 saturated heterocycles. The maximum absolute atomic E-state index is 13.1. The number of hydrazone groups is 1. The van der Waals surface area contributed by atoms with Gasteiger partial charge in [0.1, 0.15) is 5.82 Å². The summed E-state index contributed by atoms with van der Waals surface area (Å²) in [5, 5.41) is 3.91. The highest BCUT2D eigenvalue weighted by Crippen LogP contribution is 2.15. The molecule has 24 heavy (non-hydrogen) atoms. The fourth-order valence-electron chi connectivity index (χ4n) is 2.45. The van der Waals surface area contributed by atoms with E-state index in [2.05, 4.69) is 15.4 Å². The summed E-state index contributed by atoms with van der Waals surface area (Å²) in [5.74, 6) is -0.902. The number of anilines is 1. The van der Waals surface area contributed by atoms with E-state index in [4.69, 9.17) is 4.74 Å². The molecular formula is C18H18FN3O2. The zero-order valence-corrected chi connectivity index (χ0v) is 13.1. The second kappa shape index (κ2) is 7.70. The number of nitrogens with zero attached hydrogens (tertiary/aromatic N) is 2. The summed E-state index contributed by atoms with van der Waals surface area (Å²) < 4.78 is 18.4. The molecule has 0 aliphatic carbocycles. The summed E-state index contributed by atoms with van der Waals surface area (Å²) in [6.07, 6.45) is 1.56. The van der Waals surface area contributed by atoms with Crippen LogP contribution in [0.1, 0.15) is 15.9 Å². The number of rotatable bonds is 4. The van der Waals surface area contributed by atoms with Crippen LogP contribution in [0.5, 0.6) is 0 Å². The van der Waals surface area contributed by atoms with E-state index in [-0.39, 0.29) is 5.56 Å². The second-order valence-corrected chi connectivity index (χ2v) is 5.40. The van der Waals surface area contributed by atoms with Gasteiger partial charge in [-0.2, -0.15) is 5.10 Å². The third-order valence-electron chi connectivity index (χ3n) is 3.74. The molecule has 6 heteroatoms. The van der Waals surface area contributed by atoms with Gasteiger partial charge in [-0.3, -0.25) is 4.79 Å². The molecule has 2 aromatic carbocycles. The average Bonchev–Trinajstić information content (AvgIpc) is 2.63. The highest BCUT2D eigenvalue weighted by atomic mass is 19.1. The third-order valence-corrected chi connectivity index (χ3v) is 3.74. The van der Waals surface area contributed by atoms with Crippen LogP contribution in [0.4, 0.5) is 10.1 Å². The number of hydrogen-bond donors (Lipinski definition) is 1. The maximum Gasteiger partial charge on any atom is 0.271 e. The van der Waals surface area contributed by atoms with Gasteiger partial charge in [0.15, 0.2) is 0 Å². The number of morpholine rings is 1. The zero-order valence-electron chi connectivity index (χ0n) is 13.1. The van der Waals surface area contributed by atoms with E-state index in [0.717, 1.165) is 37.6 Å². The van der Waals surface area contributed by atoms with Crippen molar-refractivity contribution in [2.24, 2.45) is 5.10 Å². The van der Waals surface area contributed by atoms with Crippen LogP contribution >= 0.6 is 0 Å². The molecule has 0 aromatic heterocycles. The predicted octanol–water partition coefficient (Wildman–Crippen LogP) is 2.43. The van der Waals surface area contributed by atoms with Crippen molar-refractivity contribution in [2.75, 3.05) is 31.2 Å². The maximum atomic E-state index is 13.1. The van der Waals surface area contributed by atoms with E-state index in [1.54, 1.807) is 6.21 Å². The number of carbonyl (C=O) groups excluding carboxylic acids is 1. The molecule has 2 aromatic rings. The monoisotopic (exact) mass is 327 g/mol. The largest absolute Gasteiger partial charge is 0.378 e. The summed E-state index contributed by atoms with van der Waals surface area (Å²) >= 11 is 0. The molecule has 1 amide bonds. The standard InChI is InChI=1S/C18H18FN3O2/c19-16-3-1-2-15(12-16)18(23)21-20-13-14-4-6-17(7-5-14)22-8-10-24-11-9-22/h1-7,12-13H,8-11H2,(H,21,23)/b20-13-. The topological polar surface area (TPSA) is 53.9 Å². The molecule has 0 spiro atoms. The molecule has 0 atom stereocenters. The van der Waals surface area contributed by atoms with Crippen LogP contribution in [0, 0.1) is 5.82 Å². The first-order valence-electron chi connectivity index (χ1n) is 7.74. The molecule has 124 valence electrons. The summed E-state index contributed by atoms with van der Waals surface area (Å²) in [7, 11) is 0. The molecule has 5 nitrogen and oxygen atoms in total. The number of halogens is 1. The average molecular weight is 327 g/mol. The van der Waals surface area contributed by atoms with Gasteiger partial charge in [-0.15, -0.1) is 0 Å². The van der Waals surface area contributed by atoms with Gasteiger partial charge in [0, 0.05) is 24.3 Å². The molecule has 0 radical (unpaired) electrons. The summed E-state index contributed by atoms with van der Waals surface area (Å²) in [5.41, 5.74) is 4.63. The van der Waals surface area contributed by atoms with Crippen LogP contribution in [0.2, 0.25) is 0 Å². The lowest BCUT2D eigenvalue weighted by Gasteiger charge is -2.28. The Kier molecular flexibility index (Phi) is 5.18. The Morgan fingerprint density at radius 3 is 2.62 bits per heavy atom. The number of hydrogen-bond acceptors (Lipinski definition) is 4. The fraction of sp³-hybridized carbons (Fsp3) is 0.222. The fourth-order valence-corrected chi connectivity index (χ4v) is 2.45. The normalized spacial score (nSPS) is 14.8. The van der Waals surface area contributed by atoms with Crippen molar-refractivity contribution in [1.29, 1.82) is 0 Å². The molecule has 0 saturated carbocycles. The lowest BCUT2D eigenvalue weighted by atomic mass is 10.2. The van der Waals surface area contributed by atoms with Gasteiger partial charge in [-0.1, -0.05) is 18.2 Å². The van der Waals surface area contributed by atoms with Gasteiger partial charge in [0.05, 0.1) is 19.4 Å². The van der Waals surface area contributed by atoms with Gasteiger partial charge in [0.2, 0.25) is 0 Å². The Hall–Kier alpha value is -2.73. The SMILES string of the molecule is O=C(N/N=C\c1ccc(N2CCOCC2)cc1)c1cccc(F)c1. The highest BCUT2D eigenvalue weighted by molar-refractivity contribution is 5.94. The molecule has 1 aliphatic heterocycles. The first-order valence-corrected chi connectivity index (χ1v) is 7.74. The predicted molar refractivity (Wildman–Crippen MR) is 90.9 cm³/mol. The lowest BCUT2D eigenvalue weighted by Crippen LogP contribution is -2.36. The molecule has 3 rings (SSSR count). The van der Waals surface area contributed by atoms with Crippen LogP contribution < -0.4 is 10.3 Å². The van der Waals surface area contributed by atoms with E-state index in [0.29, 0.717) is 0 Å². The number of amides is 1. The summed E-state index contributed by atoms with van der Waals surface area (Å²) in [4.78, 5) is 14.1. The number of carbonyl (C=O) groups is 1. The molecular weight excluding hydrogens is 309 g/mol. The Morgan fingerprint density at radius 1 is 1.17 bits per heavy atom. The highest BCUT2D eigenvalue weighted by Gasteiger charge is 2.10. The van der Waals surface area contributed by atoms with Gasteiger partial charge in [0.25, 0.3) is 5.91 Å². The summed E-state index contributed by atoms with van der Waals surface area (Å²) in [6, 6.07) is 13.4. The van der Waals surface area contributed by atoms with Crippen molar-refractivity contribution in [3.63, 3.8) is 0 Å². The van der Waals surface area contributed by atoms with E-state index < -0.39 is 11.7 Å². The minimum absolute atomic E-state index is 0.231. The first kappa shape index (κ1) is 16.1. The van der Waals surface area contributed by atoms with Crippen LogP contribution in [-0.4, -0.2) is 38.4 Å². The Bertz CT molecular complexity index is 725. The Labute approximate surface area is 139 Å². The van der Waals surface area contributed by atoms with Crippen molar-refractivity contribution in [3.05, 3.63) is 65.5 Å². The van der Waals surface area contributed by atoms with Gasteiger partial charge < -0.3 is 9.64 Å². The van der Waals surface area contributed by atoms with Crippen LogP contribution in [-0.2, 0) is 4.74 Å². The molecule has 0 unspecified atom stereocenters. The van der Waals surface area contributed by atoms with Crippen molar-refractivity contribution >= 4 is 17.8 Å². The van der Waals surface area contributed by atoms with Gasteiger partial charge in [-0.05, 0) is 35.9 Å². The minimum Gasteiger partial charge on any atom is -0.378 e. The Balaban J connectivity index is 1.57. The molecule has 1 N–H and O–H groups in total. The molecule has 1 fully saturated rings.